The molecule has 0 radical (unpaired) electrons. The third-order valence-corrected chi connectivity index (χ3v) is 6.53. The molecule has 1 aliphatic carbocycles. The lowest BCUT2D eigenvalue weighted by molar-refractivity contribution is -0.0657. The van der Waals surface area contributed by atoms with E-state index < -0.39 is 9.84 Å². The van der Waals surface area contributed by atoms with Crippen LogP contribution in [0.2, 0.25) is 0 Å². The molecule has 0 amide bonds. The standard InChI is InChI=1S/C21H35N3O3S/c1-5-13-27-21(11-7-6-8-12-21)16-24-20(22-3)23-15-18-9-10-19(17(2)14-18)28(4,25)26/h9-10,14H,5-8,11-13,15-16H2,1-4H3,(H2,22,23,24). The molecule has 0 atom stereocenters. The van der Waals surface area contributed by atoms with E-state index in [2.05, 4.69) is 22.5 Å². The Morgan fingerprint density at radius 2 is 1.93 bits per heavy atom. The topological polar surface area (TPSA) is 79.8 Å². The number of aliphatic imine (C=N–C) groups is 1. The van der Waals surface area contributed by atoms with E-state index in [1.165, 1.54) is 25.5 Å². The molecule has 1 saturated carbocycles. The van der Waals surface area contributed by atoms with Crippen molar-refractivity contribution in [1.82, 2.24) is 10.6 Å². The molecule has 0 aliphatic heterocycles. The molecule has 28 heavy (non-hydrogen) atoms. The Bertz CT molecular complexity index is 769. The van der Waals surface area contributed by atoms with E-state index in [4.69, 9.17) is 4.74 Å². The van der Waals surface area contributed by atoms with Gasteiger partial charge in [-0.25, -0.2) is 8.42 Å². The Labute approximate surface area is 170 Å². The molecular weight excluding hydrogens is 374 g/mol. The fraction of sp³-hybridized carbons (Fsp3) is 0.667. The van der Waals surface area contributed by atoms with Crippen LogP contribution in [0.15, 0.2) is 28.1 Å². The number of sulfone groups is 1. The van der Waals surface area contributed by atoms with Gasteiger partial charge in [0.15, 0.2) is 15.8 Å². The van der Waals surface area contributed by atoms with Crippen LogP contribution in [0.1, 0.15) is 56.6 Å². The average molecular weight is 410 g/mol. The first-order valence-corrected chi connectivity index (χ1v) is 12.1. The number of hydrogen-bond donors (Lipinski definition) is 2. The van der Waals surface area contributed by atoms with Crippen LogP contribution < -0.4 is 10.6 Å². The van der Waals surface area contributed by atoms with Gasteiger partial charge in [-0.2, -0.15) is 0 Å². The molecule has 1 aromatic carbocycles. The van der Waals surface area contributed by atoms with Crippen molar-refractivity contribution in [2.75, 3.05) is 26.5 Å². The molecule has 0 heterocycles. The van der Waals surface area contributed by atoms with Crippen molar-refractivity contribution in [3.8, 4) is 0 Å². The Kier molecular flexibility index (Phi) is 8.31. The maximum atomic E-state index is 11.8. The minimum Gasteiger partial charge on any atom is -0.373 e. The van der Waals surface area contributed by atoms with Crippen molar-refractivity contribution in [1.29, 1.82) is 0 Å². The Balaban J connectivity index is 1.94. The quantitative estimate of drug-likeness (QED) is 0.509. The number of ether oxygens (including phenoxy) is 1. The summed E-state index contributed by atoms with van der Waals surface area (Å²) < 4.78 is 29.8. The van der Waals surface area contributed by atoms with Crippen molar-refractivity contribution >= 4 is 15.8 Å². The van der Waals surface area contributed by atoms with Gasteiger partial charge < -0.3 is 15.4 Å². The van der Waals surface area contributed by atoms with Crippen LogP contribution in [0.3, 0.4) is 0 Å². The number of rotatable bonds is 8. The predicted octanol–water partition coefficient (Wildman–Crippen LogP) is 3.19. The monoisotopic (exact) mass is 409 g/mol. The maximum Gasteiger partial charge on any atom is 0.191 e. The van der Waals surface area contributed by atoms with Crippen molar-refractivity contribution in [2.45, 2.75) is 69.4 Å². The first-order chi connectivity index (χ1) is 13.3. The van der Waals surface area contributed by atoms with E-state index >= 15 is 0 Å². The first kappa shape index (κ1) is 22.7. The van der Waals surface area contributed by atoms with Crippen LogP contribution in [0.25, 0.3) is 0 Å². The molecule has 0 aromatic heterocycles. The van der Waals surface area contributed by atoms with Crippen molar-refractivity contribution in [3.63, 3.8) is 0 Å². The normalized spacial score (nSPS) is 17.4. The van der Waals surface area contributed by atoms with E-state index in [1.54, 1.807) is 13.1 Å². The summed E-state index contributed by atoms with van der Waals surface area (Å²) in [4.78, 5) is 4.70. The maximum absolute atomic E-state index is 11.8. The van der Waals surface area contributed by atoms with Gasteiger partial charge in [-0.05, 0) is 43.4 Å². The second-order valence-electron chi connectivity index (χ2n) is 7.74. The summed E-state index contributed by atoms with van der Waals surface area (Å²) >= 11 is 0. The molecule has 0 unspecified atom stereocenters. The van der Waals surface area contributed by atoms with E-state index in [0.717, 1.165) is 49.5 Å². The molecule has 2 rings (SSSR count). The van der Waals surface area contributed by atoms with Crippen LogP contribution in [0.4, 0.5) is 0 Å². The van der Waals surface area contributed by atoms with Gasteiger partial charge in [0.1, 0.15) is 0 Å². The Morgan fingerprint density at radius 1 is 1.21 bits per heavy atom. The number of benzene rings is 1. The minimum absolute atomic E-state index is 0.0976. The first-order valence-electron chi connectivity index (χ1n) is 10.2. The molecule has 0 saturated heterocycles. The van der Waals surface area contributed by atoms with E-state index in [9.17, 15) is 8.42 Å². The zero-order chi connectivity index (χ0) is 20.6. The molecule has 1 fully saturated rings. The summed E-state index contributed by atoms with van der Waals surface area (Å²) in [7, 11) is -1.43. The number of guanidine groups is 1. The molecule has 0 spiro atoms. The Hall–Kier alpha value is -1.60. The summed E-state index contributed by atoms with van der Waals surface area (Å²) in [5, 5.41) is 6.75. The highest BCUT2D eigenvalue weighted by Crippen LogP contribution is 2.31. The second-order valence-corrected chi connectivity index (χ2v) is 9.73. The smallest absolute Gasteiger partial charge is 0.191 e. The molecule has 0 bridgehead atoms. The highest BCUT2D eigenvalue weighted by molar-refractivity contribution is 7.90. The number of nitrogens with zero attached hydrogens (tertiary/aromatic N) is 1. The highest BCUT2D eigenvalue weighted by Gasteiger charge is 2.32. The Morgan fingerprint density at radius 3 is 2.50 bits per heavy atom. The number of hydrogen-bond acceptors (Lipinski definition) is 4. The van der Waals surface area contributed by atoms with Gasteiger partial charge in [0.25, 0.3) is 0 Å². The molecular formula is C21H35N3O3S. The lowest BCUT2D eigenvalue weighted by Gasteiger charge is -2.37. The number of nitrogens with one attached hydrogen (secondary N) is 2. The number of aryl methyl sites for hydroxylation is 1. The predicted molar refractivity (Wildman–Crippen MR) is 115 cm³/mol. The van der Waals surface area contributed by atoms with Crippen molar-refractivity contribution in [2.24, 2.45) is 4.99 Å². The summed E-state index contributed by atoms with van der Waals surface area (Å²) in [6.45, 7) is 6.08. The average Bonchev–Trinajstić information content (AvgIpc) is 2.66. The van der Waals surface area contributed by atoms with E-state index in [-0.39, 0.29) is 5.60 Å². The third kappa shape index (κ3) is 6.48. The third-order valence-electron chi connectivity index (χ3n) is 5.28. The fourth-order valence-electron chi connectivity index (χ4n) is 3.78. The van der Waals surface area contributed by atoms with Crippen LogP contribution in [0.5, 0.6) is 0 Å². The minimum atomic E-state index is -3.19. The largest absolute Gasteiger partial charge is 0.373 e. The van der Waals surface area contributed by atoms with Gasteiger partial charge in [-0.3, -0.25) is 4.99 Å². The zero-order valence-corrected chi connectivity index (χ0v) is 18.5. The summed E-state index contributed by atoms with van der Waals surface area (Å²) in [5.74, 6) is 0.731. The van der Waals surface area contributed by atoms with Gasteiger partial charge >= 0.3 is 0 Å². The molecule has 1 aromatic rings. The van der Waals surface area contributed by atoms with Gasteiger partial charge in [-0.15, -0.1) is 0 Å². The lowest BCUT2D eigenvalue weighted by atomic mass is 9.84. The van der Waals surface area contributed by atoms with Crippen molar-refractivity contribution in [3.05, 3.63) is 29.3 Å². The van der Waals surface area contributed by atoms with E-state index in [0.29, 0.717) is 11.4 Å². The summed E-state index contributed by atoms with van der Waals surface area (Å²) in [6, 6.07) is 5.42. The molecule has 7 heteroatoms. The molecule has 1 aliphatic rings. The van der Waals surface area contributed by atoms with Crippen LogP contribution in [-0.2, 0) is 21.1 Å². The summed E-state index contributed by atoms with van der Waals surface area (Å²) in [5.41, 5.74) is 1.68. The van der Waals surface area contributed by atoms with Gasteiger partial charge in [0, 0.05) is 33.0 Å². The fourth-order valence-corrected chi connectivity index (χ4v) is 4.73. The zero-order valence-electron chi connectivity index (χ0n) is 17.7. The SMILES string of the molecule is CCCOC1(CNC(=NC)NCc2ccc(S(C)(=O)=O)c(C)c2)CCCCC1. The molecule has 158 valence electrons. The van der Waals surface area contributed by atoms with Gasteiger partial charge in [0.05, 0.1) is 10.5 Å². The molecule has 2 N–H and O–H groups in total. The van der Waals surface area contributed by atoms with Gasteiger partial charge in [0.2, 0.25) is 0 Å². The summed E-state index contributed by atoms with van der Waals surface area (Å²) in [6.07, 6.45) is 8.14. The second kappa shape index (κ2) is 10.3. The van der Waals surface area contributed by atoms with Crippen LogP contribution in [-0.4, -0.2) is 46.4 Å². The lowest BCUT2D eigenvalue weighted by Crippen LogP contribution is -2.49. The van der Waals surface area contributed by atoms with Crippen LogP contribution in [0, 0.1) is 6.92 Å². The van der Waals surface area contributed by atoms with E-state index in [1.807, 2.05) is 19.1 Å². The van der Waals surface area contributed by atoms with Crippen LogP contribution >= 0.6 is 0 Å². The van der Waals surface area contributed by atoms with Crippen molar-refractivity contribution < 1.29 is 13.2 Å². The molecule has 6 nitrogen and oxygen atoms in total. The van der Waals surface area contributed by atoms with Gasteiger partial charge in [-0.1, -0.05) is 38.3 Å². The highest BCUT2D eigenvalue weighted by atomic mass is 32.2.